The first-order chi connectivity index (χ1) is 14.8. The van der Waals surface area contributed by atoms with Crippen LogP contribution in [0.5, 0.6) is 0 Å². The molecule has 0 spiro atoms. The average molecular weight is 440 g/mol. The van der Waals surface area contributed by atoms with E-state index in [1.807, 2.05) is 6.92 Å². The van der Waals surface area contributed by atoms with Crippen LogP contribution in [0.15, 0.2) is 66.0 Å². The molecule has 0 radical (unpaired) electrons. The number of fused-ring (bicyclic) bond motifs is 1. The van der Waals surface area contributed by atoms with Crippen molar-refractivity contribution in [2.75, 3.05) is 0 Å². The summed E-state index contributed by atoms with van der Waals surface area (Å²) in [6.45, 7) is 1.69. The SMILES string of the molecule is Cc1ccc(S(=O)(=O)n2ccc3c(-c4ccc(CNC(=O)O)c(F)c4)ncnc32)cc1. The Labute approximate surface area is 177 Å². The van der Waals surface area contributed by atoms with Crippen LogP contribution in [0, 0.1) is 12.7 Å². The molecule has 0 atom stereocenters. The average Bonchev–Trinajstić information content (AvgIpc) is 3.18. The van der Waals surface area contributed by atoms with Gasteiger partial charge in [-0.15, -0.1) is 0 Å². The Morgan fingerprint density at radius 3 is 2.55 bits per heavy atom. The summed E-state index contributed by atoms with van der Waals surface area (Å²) < 4.78 is 41.7. The number of carboxylic acid groups (broad SMARTS) is 1. The van der Waals surface area contributed by atoms with E-state index < -0.39 is 21.9 Å². The van der Waals surface area contributed by atoms with Gasteiger partial charge in [0.1, 0.15) is 12.1 Å². The molecule has 158 valence electrons. The molecule has 2 aromatic carbocycles. The van der Waals surface area contributed by atoms with Gasteiger partial charge in [0.2, 0.25) is 0 Å². The fraction of sp³-hybridized carbons (Fsp3) is 0.0952. The number of hydrogen-bond acceptors (Lipinski definition) is 5. The smallest absolute Gasteiger partial charge is 0.404 e. The minimum Gasteiger partial charge on any atom is -0.465 e. The van der Waals surface area contributed by atoms with E-state index in [4.69, 9.17) is 5.11 Å². The second-order valence-corrected chi connectivity index (χ2v) is 8.67. The number of rotatable bonds is 5. The molecule has 0 aliphatic heterocycles. The second kappa shape index (κ2) is 7.80. The molecule has 0 unspecified atom stereocenters. The minimum atomic E-state index is -3.88. The van der Waals surface area contributed by atoms with Crippen LogP contribution in [0.4, 0.5) is 9.18 Å². The summed E-state index contributed by atoms with van der Waals surface area (Å²) in [4.78, 5) is 19.1. The van der Waals surface area contributed by atoms with Crippen LogP contribution in [0.1, 0.15) is 11.1 Å². The van der Waals surface area contributed by atoms with E-state index in [1.54, 1.807) is 24.3 Å². The number of carbonyl (C=O) groups is 1. The van der Waals surface area contributed by atoms with E-state index >= 15 is 0 Å². The van der Waals surface area contributed by atoms with Crippen molar-refractivity contribution in [2.24, 2.45) is 0 Å². The standard InChI is InChI=1S/C21H17FN4O4S/c1-13-2-6-16(7-3-13)31(29,30)26-9-8-17-19(24-12-25-20(17)26)14-4-5-15(18(22)10-14)11-23-21(27)28/h2-10,12,23H,11H2,1H3,(H,27,28). The summed E-state index contributed by atoms with van der Waals surface area (Å²) >= 11 is 0. The fourth-order valence-corrected chi connectivity index (χ4v) is 4.49. The van der Waals surface area contributed by atoms with Gasteiger partial charge in [0.15, 0.2) is 5.65 Å². The highest BCUT2D eigenvalue weighted by Gasteiger charge is 2.21. The molecular formula is C21H17FN4O4S. The van der Waals surface area contributed by atoms with Crippen LogP contribution in [0.3, 0.4) is 0 Å². The Hall–Kier alpha value is -3.79. The Morgan fingerprint density at radius 1 is 1.13 bits per heavy atom. The molecule has 0 bridgehead atoms. The third-order valence-electron chi connectivity index (χ3n) is 4.78. The lowest BCUT2D eigenvalue weighted by molar-refractivity contribution is 0.194. The number of amides is 1. The first kappa shape index (κ1) is 20.5. The molecule has 0 aliphatic carbocycles. The van der Waals surface area contributed by atoms with Crippen molar-refractivity contribution in [2.45, 2.75) is 18.4 Å². The molecule has 0 aliphatic rings. The number of nitrogens with one attached hydrogen (secondary N) is 1. The molecule has 0 saturated carbocycles. The van der Waals surface area contributed by atoms with Crippen molar-refractivity contribution in [3.8, 4) is 11.3 Å². The van der Waals surface area contributed by atoms with Gasteiger partial charge in [-0.2, -0.15) is 0 Å². The molecule has 0 fully saturated rings. The first-order valence-corrected chi connectivity index (χ1v) is 10.6. The van der Waals surface area contributed by atoms with Crippen LogP contribution in [0.25, 0.3) is 22.3 Å². The maximum Gasteiger partial charge on any atom is 0.404 e. The molecule has 1 amide bonds. The normalized spacial score (nSPS) is 11.5. The van der Waals surface area contributed by atoms with E-state index in [1.165, 1.54) is 36.8 Å². The summed E-state index contributed by atoms with van der Waals surface area (Å²) in [5, 5.41) is 11.2. The van der Waals surface area contributed by atoms with Crippen molar-refractivity contribution in [3.05, 3.63) is 78.0 Å². The highest BCUT2D eigenvalue weighted by atomic mass is 32.2. The molecule has 8 nitrogen and oxygen atoms in total. The van der Waals surface area contributed by atoms with Crippen LogP contribution < -0.4 is 5.32 Å². The van der Waals surface area contributed by atoms with Crippen LogP contribution >= 0.6 is 0 Å². The van der Waals surface area contributed by atoms with Gasteiger partial charge in [0.05, 0.1) is 10.6 Å². The van der Waals surface area contributed by atoms with Gasteiger partial charge < -0.3 is 10.4 Å². The molecule has 4 rings (SSSR count). The molecule has 2 heterocycles. The van der Waals surface area contributed by atoms with E-state index in [0.29, 0.717) is 16.6 Å². The predicted octanol–water partition coefficient (Wildman–Crippen LogP) is 3.55. The lowest BCUT2D eigenvalue weighted by Gasteiger charge is -2.09. The van der Waals surface area contributed by atoms with E-state index in [-0.39, 0.29) is 22.7 Å². The number of aryl methyl sites for hydroxylation is 1. The predicted molar refractivity (Wildman–Crippen MR) is 112 cm³/mol. The maximum atomic E-state index is 14.5. The third kappa shape index (κ3) is 3.84. The summed E-state index contributed by atoms with van der Waals surface area (Å²) in [5.41, 5.74) is 2.05. The lowest BCUT2D eigenvalue weighted by Crippen LogP contribution is -2.20. The van der Waals surface area contributed by atoms with Crippen molar-refractivity contribution in [1.29, 1.82) is 0 Å². The number of nitrogens with zero attached hydrogens (tertiary/aromatic N) is 3. The Bertz CT molecular complexity index is 1400. The van der Waals surface area contributed by atoms with Gasteiger partial charge in [-0.3, -0.25) is 0 Å². The van der Waals surface area contributed by atoms with Crippen LogP contribution in [-0.2, 0) is 16.6 Å². The van der Waals surface area contributed by atoms with Crippen molar-refractivity contribution in [3.63, 3.8) is 0 Å². The maximum absolute atomic E-state index is 14.5. The molecular weight excluding hydrogens is 423 g/mol. The topological polar surface area (TPSA) is 114 Å². The number of aromatic nitrogens is 3. The van der Waals surface area contributed by atoms with Gasteiger partial charge in [-0.1, -0.05) is 29.8 Å². The number of benzene rings is 2. The molecule has 10 heteroatoms. The third-order valence-corrected chi connectivity index (χ3v) is 6.46. The van der Waals surface area contributed by atoms with Gasteiger partial charge in [0, 0.05) is 29.3 Å². The first-order valence-electron chi connectivity index (χ1n) is 9.17. The summed E-state index contributed by atoms with van der Waals surface area (Å²) in [6, 6.07) is 12.3. The minimum absolute atomic E-state index is 0.122. The van der Waals surface area contributed by atoms with Gasteiger partial charge in [-0.05, 0) is 31.2 Å². The molecule has 4 aromatic rings. The molecule has 2 N–H and O–H groups in total. The van der Waals surface area contributed by atoms with Crippen LogP contribution in [-0.4, -0.2) is 33.6 Å². The van der Waals surface area contributed by atoms with E-state index in [0.717, 1.165) is 9.54 Å². The summed E-state index contributed by atoms with van der Waals surface area (Å²) in [5.74, 6) is -0.607. The van der Waals surface area contributed by atoms with Gasteiger partial charge >= 0.3 is 6.09 Å². The highest BCUT2D eigenvalue weighted by molar-refractivity contribution is 7.90. The Morgan fingerprint density at radius 2 is 1.87 bits per heavy atom. The summed E-state index contributed by atoms with van der Waals surface area (Å²) in [7, 11) is -3.88. The summed E-state index contributed by atoms with van der Waals surface area (Å²) in [6.07, 6.45) is 1.35. The Kier molecular flexibility index (Phi) is 5.15. The monoisotopic (exact) mass is 440 g/mol. The Balaban J connectivity index is 1.77. The zero-order valence-electron chi connectivity index (χ0n) is 16.3. The zero-order valence-corrected chi connectivity index (χ0v) is 17.1. The zero-order chi connectivity index (χ0) is 22.2. The second-order valence-electron chi connectivity index (χ2n) is 6.85. The largest absolute Gasteiger partial charge is 0.465 e. The van der Waals surface area contributed by atoms with Crippen LogP contribution in [0.2, 0.25) is 0 Å². The van der Waals surface area contributed by atoms with Crippen molar-refractivity contribution >= 4 is 27.1 Å². The molecule has 2 aromatic heterocycles. The fourth-order valence-electron chi connectivity index (χ4n) is 3.18. The number of hydrogen-bond donors (Lipinski definition) is 2. The highest BCUT2D eigenvalue weighted by Crippen LogP contribution is 2.29. The van der Waals surface area contributed by atoms with Gasteiger partial charge in [0.25, 0.3) is 10.0 Å². The quantitative estimate of drug-likeness (QED) is 0.491. The van der Waals surface area contributed by atoms with Gasteiger partial charge in [-0.25, -0.2) is 31.5 Å². The van der Waals surface area contributed by atoms with Crippen molar-refractivity contribution < 1.29 is 22.7 Å². The molecule has 31 heavy (non-hydrogen) atoms. The number of halogens is 1. The van der Waals surface area contributed by atoms with E-state index in [9.17, 15) is 17.6 Å². The van der Waals surface area contributed by atoms with Crippen molar-refractivity contribution in [1.82, 2.24) is 19.3 Å². The van der Waals surface area contributed by atoms with E-state index in [2.05, 4.69) is 15.3 Å². The molecule has 0 saturated heterocycles. The lowest BCUT2D eigenvalue weighted by atomic mass is 10.1.